The minimum atomic E-state index is -0.444. The van der Waals surface area contributed by atoms with Gasteiger partial charge in [-0.3, -0.25) is 4.90 Å². The van der Waals surface area contributed by atoms with Crippen molar-refractivity contribution in [2.75, 3.05) is 65.5 Å². The third kappa shape index (κ3) is 6.59. The summed E-state index contributed by atoms with van der Waals surface area (Å²) in [7, 11) is 3.17. The lowest BCUT2D eigenvalue weighted by molar-refractivity contribution is 0.0226. The first-order valence-electron chi connectivity index (χ1n) is 12.9. The molecule has 1 atom stereocenters. The molecule has 4 rings (SSSR count). The number of urea groups is 1. The lowest BCUT2D eigenvalue weighted by Gasteiger charge is -2.43. The first-order valence-corrected chi connectivity index (χ1v) is 12.9. The number of nitrogens with one attached hydrogen (secondary N) is 1. The molecule has 1 fully saturated rings. The molecule has 202 valence electrons. The number of carbonyl (C=O) groups excluding carboxylic acids is 1. The molecule has 0 radical (unpaired) electrons. The highest BCUT2D eigenvalue weighted by atomic mass is 16.5. The summed E-state index contributed by atoms with van der Waals surface area (Å²) < 4.78 is 28.5. The Morgan fingerprint density at radius 1 is 1.11 bits per heavy atom. The second-order valence-corrected chi connectivity index (χ2v) is 9.86. The van der Waals surface area contributed by atoms with Crippen molar-refractivity contribution in [2.24, 2.45) is 0 Å². The minimum absolute atomic E-state index is 0.202. The molecule has 2 aliphatic rings. The van der Waals surface area contributed by atoms with E-state index >= 15 is 0 Å². The molecule has 2 heterocycles. The Hall–Kier alpha value is -3.17. The molecule has 2 aromatic carbocycles. The average molecular weight is 514 g/mol. The number of benzene rings is 2. The van der Waals surface area contributed by atoms with E-state index in [1.54, 1.807) is 32.4 Å². The second-order valence-electron chi connectivity index (χ2n) is 9.86. The van der Waals surface area contributed by atoms with Crippen LogP contribution in [0.1, 0.15) is 38.8 Å². The van der Waals surface area contributed by atoms with Crippen LogP contribution >= 0.6 is 0 Å². The monoisotopic (exact) mass is 513 g/mol. The Balaban J connectivity index is 1.66. The summed E-state index contributed by atoms with van der Waals surface area (Å²) in [5, 5.41) is 3.09. The summed E-state index contributed by atoms with van der Waals surface area (Å²) in [6, 6.07) is 10.8. The molecular weight excluding hydrogens is 474 g/mol. The van der Waals surface area contributed by atoms with Crippen molar-refractivity contribution >= 4 is 11.7 Å². The smallest absolute Gasteiger partial charge is 0.322 e. The predicted octanol–water partition coefficient (Wildman–Crippen LogP) is 4.57. The summed E-state index contributed by atoms with van der Waals surface area (Å²) in [6.07, 6.45) is 0.645. The van der Waals surface area contributed by atoms with Crippen LogP contribution in [0.3, 0.4) is 0 Å². The molecule has 0 aromatic heterocycles. The van der Waals surface area contributed by atoms with Crippen molar-refractivity contribution < 1.29 is 28.5 Å². The first kappa shape index (κ1) is 26.9. The van der Waals surface area contributed by atoms with E-state index in [1.165, 1.54) is 0 Å². The van der Waals surface area contributed by atoms with E-state index in [2.05, 4.69) is 24.1 Å². The second kappa shape index (κ2) is 11.9. The fourth-order valence-corrected chi connectivity index (χ4v) is 4.89. The molecule has 0 bridgehead atoms. The molecule has 37 heavy (non-hydrogen) atoms. The van der Waals surface area contributed by atoms with E-state index in [9.17, 15) is 4.79 Å². The third-order valence-corrected chi connectivity index (χ3v) is 6.77. The highest BCUT2D eigenvalue weighted by Gasteiger charge is 2.39. The standard InChI is InChI=1S/C28H39N3O6/c1-6-36-21-8-10-25-22(17-21)24(19-28(2,3)37-25)31(12-11-30-13-15-35-16-14-30)27(32)29-23-9-7-20(33-4)18-26(23)34-5/h7-10,17-18,24H,6,11-16,19H2,1-5H3,(H,29,32)/t24-/m1/s1. The van der Waals surface area contributed by atoms with Crippen LogP contribution in [-0.4, -0.2) is 81.7 Å². The molecule has 9 nitrogen and oxygen atoms in total. The number of morpholine rings is 1. The molecule has 2 aliphatic heterocycles. The van der Waals surface area contributed by atoms with Crippen LogP contribution in [0.2, 0.25) is 0 Å². The first-order chi connectivity index (χ1) is 17.8. The van der Waals surface area contributed by atoms with Crippen molar-refractivity contribution in [2.45, 2.75) is 38.8 Å². The zero-order valence-corrected chi connectivity index (χ0v) is 22.5. The Morgan fingerprint density at radius 3 is 2.57 bits per heavy atom. The normalized spacial score (nSPS) is 18.8. The fraction of sp³-hybridized carbons (Fsp3) is 0.536. The maximum absolute atomic E-state index is 14.0. The molecule has 0 spiro atoms. The van der Waals surface area contributed by atoms with E-state index in [1.807, 2.05) is 30.0 Å². The van der Waals surface area contributed by atoms with Crippen molar-refractivity contribution in [1.82, 2.24) is 9.80 Å². The molecular formula is C28H39N3O6. The van der Waals surface area contributed by atoms with Crippen molar-refractivity contribution in [3.63, 3.8) is 0 Å². The number of rotatable bonds is 9. The van der Waals surface area contributed by atoms with E-state index in [-0.39, 0.29) is 12.1 Å². The number of anilines is 1. The van der Waals surface area contributed by atoms with Gasteiger partial charge >= 0.3 is 6.03 Å². The van der Waals surface area contributed by atoms with Crippen LogP contribution < -0.4 is 24.3 Å². The van der Waals surface area contributed by atoms with Gasteiger partial charge in [-0.25, -0.2) is 4.79 Å². The average Bonchev–Trinajstić information content (AvgIpc) is 2.89. The Kier molecular flexibility index (Phi) is 8.66. The van der Waals surface area contributed by atoms with Crippen LogP contribution in [0.4, 0.5) is 10.5 Å². The van der Waals surface area contributed by atoms with Gasteiger partial charge in [-0.15, -0.1) is 0 Å². The number of nitrogens with zero attached hydrogens (tertiary/aromatic N) is 2. The van der Waals surface area contributed by atoms with Gasteiger partial charge in [0.2, 0.25) is 0 Å². The molecule has 0 saturated carbocycles. The Labute approximate surface area is 219 Å². The lowest BCUT2D eigenvalue weighted by atomic mass is 9.88. The van der Waals surface area contributed by atoms with Gasteiger partial charge in [0.05, 0.1) is 45.8 Å². The predicted molar refractivity (Wildman–Crippen MR) is 142 cm³/mol. The number of hydrogen-bond acceptors (Lipinski definition) is 7. The SMILES string of the molecule is CCOc1ccc2c(c1)[C@H](N(CCN1CCOCC1)C(=O)Nc1ccc(OC)cc1OC)CC(C)(C)O2. The molecule has 9 heteroatoms. The van der Waals surface area contributed by atoms with E-state index in [0.717, 1.165) is 36.7 Å². The third-order valence-electron chi connectivity index (χ3n) is 6.77. The van der Waals surface area contributed by atoms with Gasteiger partial charge in [-0.05, 0) is 51.1 Å². The quantitative estimate of drug-likeness (QED) is 0.526. The van der Waals surface area contributed by atoms with Gasteiger partial charge in [0.15, 0.2) is 0 Å². The van der Waals surface area contributed by atoms with Gasteiger partial charge in [0.1, 0.15) is 28.6 Å². The van der Waals surface area contributed by atoms with Gasteiger partial charge in [0.25, 0.3) is 0 Å². The number of carbonyl (C=O) groups is 1. The van der Waals surface area contributed by atoms with E-state index in [0.29, 0.717) is 50.0 Å². The summed E-state index contributed by atoms with van der Waals surface area (Å²) in [5.74, 6) is 2.73. The Bertz CT molecular complexity index is 1070. The minimum Gasteiger partial charge on any atom is -0.497 e. The van der Waals surface area contributed by atoms with E-state index in [4.69, 9.17) is 23.7 Å². The molecule has 0 aliphatic carbocycles. The van der Waals surface area contributed by atoms with Crippen LogP contribution in [-0.2, 0) is 4.74 Å². The zero-order valence-electron chi connectivity index (χ0n) is 22.5. The van der Waals surface area contributed by atoms with Crippen molar-refractivity contribution in [3.8, 4) is 23.0 Å². The summed E-state index contributed by atoms with van der Waals surface area (Å²) in [6.45, 7) is 11.1. The molecule has 1 N–H and O–H groups in total. The van der Waals surface area contributed by atoms with Crippen LogP contribution in [0.15, 0.2) is 36.4 Å². The highest BCUT2D eigenvalue weighted by molar-refractivity contribution is 5.91. The molecule has 2 aromatic rings. The molecule has 1 saturated heterocycles. The fourth-order valence-electron chi connectivity index (χ4n) is 4.89. The van der Waals surface area contributed by atoms with Crippen molar-refractivity contribution in [3.05, 3.63) is 42.0 Å². The number of methoxy groups -OCH3 is 2. The zero-order chi connectivity index (χ0) is 26.4. The van der Waals surface area contributed by atoms with Gasteiger partial charge in [-0.2, -0.15) is 0 Å². The number of fused-ring (bicyclic) bond motifs is 1. The topological polar surface area (TPSA) is 81.7 Å². The number of amides is 2. The highest BCUT2D eigenvalue weighted by Crippen LogP contribution is 2.44. The van der Waals surface area contributed by atoms with Gasteiger partial charge in [0, 0.05) is 44.2 Å². The summed E-state index contributed by atoms with van der Waals surface area (Å²) in [5.41, 5.74) is 1.09. The van der Waals surface area contributed by atoms with Gasteiger partial charge < -0.3 is 33.9 Å². The summed E-state index contributed by atoms with van der Waals surface area (Å²) in [4.78, 5) is 18.2. The molecule has 0 unspecified atom stereocenters. The van der Waals surface area contributed by atoms with E-state index < -0.39 is 5.60 Å². The van der Waals surface area contributed by atoms with Crippen LogP contribution in [0.25, 0.3) is 0 Å². The summed E-state index contributed by atoms with van der Waals surface area (Å²) >= 11 is 0. The largest absolute Gasteiger partial charge is 0.497 e. The van der Waals surface area contributed by atoms with Crippen LogP contribution in [0.5, 0.6) is 23.0 Å². The maximum Gasteiger partial charge on any atom is 0.322 e. The van der Waals surface area contributed by atoms with Crippen molar-refractivity contribution in [1.29, 1.82) is 0 Å². The molecule has 2 amide bonds. The van der Waals surface area contributed by atoms with Crippen LogP contribution in [0, 0.1) is 0 Å². The van der Waals surface area contributed by atoms with Gasteiger partial charge in [-0.1, -0.05) is 0 Å². The number of ether oxygens (including phenoxy) is 5. The Morgan fingerprint density at radius 2 is 1.86 bits per heavy atom. The number of hydrogen-bond donors (Lipinski definition) is 1. The maximum atomic E-state index is 14.0. The lowest BCUT2D eigenvalue weighted by Crippen LogP contribution is -2.48.